The van der Waals surface area contributed by atoms with E-state index in [-0.39, 0.29) is 0 Å². The second-order valence-electron chi connectivity index (χ2n) is 19.9. The fraction of sp³-hybridized carbons (Fsp3) is 0. The molecular weight excluding hydrogens is 953 g/mol. The molecule has 0 saturated heterocycles. The third-order valence-electron chi connectivity index (χ3n) is 15.0. The van der Waals surface area contributed by atoms with E-state index in [1.54, 1.807) is 0 Å². The van der Waals surface area contributed by atoms with Crippen molar-refractivity contribution in [3.63, 3.8) is 0 Å². The van der Waals surface area contributed by atoms with Gasteiger partial charge in [0.2, 0.25) is 11.8 Å². The summed E-state index contributed by atoms with van der Waals surface area (Å²) in [7, 11) is 0. The van der Waals surface area contributed by atoms with Crippen molar-refractivity contribution in [3.8, 4) is 45.2 Å². The van der Waals surface area contributed by atoms with Crippen molar-refractivity contribution >= 4 is 99.4 Å². The van der Waals surface area contributed by atoms with Crippen LogP contribution in [0, 0.1) is 0 Å². The van der Waals surface area contributed by atoms with Crippen LogP contribution in [0.1, 0.15) is 0 Å². The van der Waals surface area contributed by atoms with Crippen LogP contribution in [0.3, 0.4) is 0 Å². The summed E-state index contributed by atoms with van der Waals surface area (Å²) in [5, 5.41) is 9.22. The van der Waals surface area contributed by atoms with Gasteiger partial charge in [-0.25, -0.2) is 9.97 Å². The Morgan fingerprint density at radius 1 is 0.218 bits per heavy atom. The molecule has 15 aromatic rings. The number of anilines is 6. The lowest BCUT2D eigenvalue weighted by atomic mass is 9.99. The Morgan fingerprint density at radius 2 is 0.526 bits per heavy atom. The largest absolute Gasteiger partial charge is 0.436 e. The van der Waals surface area contributed by atoms with E-state index in [0.717, 1.165) is 111 Å². The van der Waals surface area contributed by atoms with Gasteiger partial charge in [0.15, 0.2) is 11.2 Å². The van der Waals surface area contributed by atoms with Gasteiger partial charge >= 0.3 is 0 Å². The molecule has 0 radical (unpaired) electrons. The number of hydrogen-bond donors (Lipinski definition) is 0. The molecule has 366 valence electrons. The van der Waals surface area contributed by atoms with Gasteiger partial charge in [0, 0.05) is 45.3 Å². The molecule has 0 aliphatic carbocycles. The Balaban J connectivity index is 0.743. The topological polar surface area (TPSA) is 58.5 Å². The van der Waals surface area contributed by atoms with E-state index in [2.05, 4.69) is 271 Å². The number of nitrogens with zero attached hydrogens (tertiary/aromatic N) is 4. The van der Waals surface area contributed by atoms with Gasteiger partial charge in [-0.1, -0.05) is 152 Å². The van der Waals surface area contributed by atoms with Gasteiger partial charge in [0.1, 0.15) is 11.0 Å². The molecule has 0 aliphatic rings. The van der Waals surface area contributed by atoms with Crippen molar-refractivity contribution < 1.29 is 8.83 Å². The minimum Gasteiger partial charge on any atom is -0.436 e. The lowest BCUT2D eigenvalue weighted by Gasteiger charge is -2.26. The van der Waals surface area contributed by atoms with Crippen LogP contribution in [0.4, 0.5) is 34.1 Å². The Morgan fingerprint density at radius 3 is 1.00 bits per heavy atom. The van der Waals surface area contributed by atoms with Crippen molar-refractivity contribution in [1.82, 2.24) is 9.97 Å². The summed E-state index contributed by atoms with van der Waals surface area (Å²) in [5.74, 6) is 1.20. The van der Waals surface area contributed by atoms with Gasteiger partial charge in [-0.05, 0) is 193 Å². The van der Waals surface area contributed by atoms with Crippen molar-refractivity contribution in [2.75, 3.05) is 9.80 Å². The van der Waals surface area contributed by atoms with Crippen LogP contribution in [0.2, 0.25) is 0 Å². The molecule has 2 heterocycles. The molecule has 13 aromatic carbocycles. The lowest BCUT2D eigenvalue weighted by Crippen LogP contribution is -2.10. The Kier molecular flexibility index (Phi) is 10.7. The predicted octanol–water partition coefficient (Wildman–Crippen LogP) is 20.2. The summed E-state index contributed by atoms with van der Waals surface area (Å²) in [6.45, 7) is 0. The number of fused-ring (bicyclic) bond motifs is 6. The highest BCUT2D eigenvalue weighted by Gasteiger charge is 2.19. The fourth-order valence-corrected chi connectivity index (χ4v) is 11.0. The van der Waals surface area contributed by atoms with Gasteiger partial charge in [-0.3, -0.25) is 0 Å². The molecule has 78 heavy (non-hydrogen) atoms. The first kappa shape index (κ1) is 44.9. The predicted molar refractivity (Wildman–Crippen MR) is 323 cm³/mol. The number of oxazole rings is 2. The van der Waals surface area contributed by atoms with E-state index in [9.17, 15) is 0 Å². The third-order valence-corrected chi connectivity index (χ3v) is 15.0. The summed E-state index contributed by atoms with van der Waals surface area (Å²) in [6.07, 6.45) is 0. The molecule has 0 bridgehead atoms. The monoisotopic (exact) mass is 998 g/mol. The highest BCUT2D eigenvalue weighted by Crippen LogP contribution is 2.42. The maximum absolute atomic E-state index is 6.34. The quantitative estimate of drug-likeness (QED) is 0.136. The first-order valence-electron chi connectivity index (χ1n) is 26.3. The molecule has 0 atom stereocenters. The average Bonchev–Trinajstić information content (AvgIpc) is 4.16. The number of benzene rings is 13. The smallest absolute Gasteiger partial charge is 0.227 e. The maximum Gasteiger partial charge on any atom is 0.227 e. The Bertz CT molecular complexity index is 4610. The maximum atomic E-state index is 6.34. The first-order chi connectivity index (χ1) is 38.6. The fourth-order valence-electron chi connectivity index (χ4n) is 11.0. The minimum absolute atomic E-state index is 0.599. The van der Waals surface area contributed by atoms with Gasteiger partial charge in [-0.2, -0.15) is 0 Å². The average molecular weight is 999 g/mol. The van der Waals surface area contributed by atoms with Crippen LogP contribution in [0.25, 0.3) is 110 Å². The van der Waals surface area contributed by atoms with E-state index >= 15 is 0 Å². The van der Waals surface area contributed by atoms with Crippen LogP contribution < -0.4 is 9.80 Å². The van der Waals surface area contributed by atoms with E-state index in [1.165, 1.54) is 21.9 Å². The van der Waals surface area contributed by atoms with E-state index in [0.29, 0.717) is 11.8 Å². The molecule has 0 N–H and O–H groups in total. The SMILES string of the molecule is c1ccc(-c2ccc(N(c3ccc(-c4nc5cc6ccccc6cc5o4)cc3)c3ccc4cc(-c5ccc(N(c6ccc(-c7nc8cc9ccccc9cc8o7)cc6)c6ccc7ccccc7c6)cc5)ccc4c3)cc2)cc1. The molecule has 0 spiro atoms. The summed E-state index contributed by atoms with van der Waals surface area (Å²) < 4.78 is 12.7. The van der Waals surface area contributed by atoms with Crippen LogP contribution in [-0.2, 0) is 0 Å². The zero-order chi connectivity index (χ0) is 51.5. The molecular formula is C72H46N4O2. The van der Waals surface area contributed by atoms with Crippen molar-refractivity contribution in [2.45, 2.75) is 0 Å². The third kappa shape index (κ3) is 8.25. The molecule has 6 heteroatoms. The van der Waals surface area contributed by atoms with Crippen LogP contribution in [0.5, 0.6) is 0 Å². The number of aromatic nitrogens is 2. The second kappa shape index (κ2) is 18.7. The standard InChI is InChI=1S/C72H46N4O2/c1-2-10-47(11-3-1)49-20-30-61(31-21-49)76(64-36-27-52(28-37-64)72-74-68-44-55-15-7-9-17-57(55)46-70(68)78-72)66-39-29-59-40-58(18-19-60(59)42-66)50-22-32-62(33-23-50)75(65-38-24-48-12-4-5-13-53(48)41-65)63-34-25-51(26-35-63)71-73-67-43-54-14-6-8-16-56(54)45-69(67)77-71/h1-46H. The lowest BCUT2D eigenvalue weighted by molar-refractivity contribution is 0.620. The highest BCUT2D eigenvalue weighted by molar-refractivity contribution is 5.98. The van der Waals surface area contributed by atoms with E-state index < -0.39 is 0 Å². The Labute approximate surface area is 450 Å². The summed E-state index contributed by atoms with van der Waals surface area (Å²) in [4.78, 5) is 14.4. The number of rotatable bonds is 10. The van der Waals surface area contributed by atoms with Gasteiger partial charge in [-0.15, -0.1) is 0 Å². The van der Waals surface area contributed by atoms with Gasteiger partial charge in [0.25, 0.3) is 0 Å². The van der Waals surface area contributed by atoms with Crippen LogP contribution in [-0.4, -0.2) is 9.97 Å². The van der Waals surface area contributed by atoms with Crippen molar-refractivity contribution in [2.24, 2.45) is 0 Å². The molecule has 2 aromatic heterocycles. The summed E-state index contributed by atoms with van der Waals surface area (Å²) in [6, 6.07) is 98.8. The van der Waals surface area contributed by atoms with Gasteiger partial charge in [0.05, 0.1) is 0 Å². The van der Waals surface area contributed by atoms with Gasteiger partial charge < -0.3 is 18.6 Å². The van der Waals surface area contributed by atoms with Crippen molar-refractivity contribution in [3.05, 3.63) is 279 Å². The summed E-state index contributed by atoms with van der Waals surface area (Å²) in [5.41, 5.74) is 16.0. The van der Waals surface area contributed by atoms with Crippen LogP contribution in [0.15, 0.2) is 288 Å². The molecule has 0 fully saturated rings. The first-order valence-corrected chi connectivity index (χ1v) is 26.3. The normalized spacial score (nSPS) is 11.6. The second-order valence-corrected chi connectivity index (χ2v) is 19.9. The summed E-state index contributed by atoms with van der Waals surface area (Å²) >= 11 is 0. The molecule has 0 saturated carbocycles. The molecule has 0 aliphatic heterocycles. The molecule has 6 nitrogen and oxygen atoms in total. The highest BCUT2D eigenvalue weighted by atomic mass is 16.4. The van der Waals surface area contributed by atoms with Crippen molar-refractivity contribution in [1.29, 1.82) is 0 Å². The molecule has 0 unspecified atom stereocenters. The zero-order valence-corrected chi connectivity index (χ0v) is 42.2. The van der Waals surface area contributed by atoms with Crippen LogP contribution >= 0.6 is 0 Å². The van der Waals surface area contributed by atoms with E-state index in [4.69, 9.17) is 18.8 Å². The van der Waals surface area contributed by atoms with E-state index in [1.807, 2.05) is 18.2 Å². The number of hydrogen-bond acceptors (Lipinski definition) is 6. The Hall–Kier alpha value is -10.6. The minimum atomic E-state index is 0.599. The zero-order valence-electron chi connectivity index (χ0n) is 42.2. The molecule has 0 amide bonds. The molecule has 15 rings (SSSR count).